The monoisotopic (exact) mass is 279 g/mol. The fourth-order valence-corrected chi connectivity index (χ4v) is 3.90. The van der Waals surface area contributed by atoms with E-state index in [-0.39, 0.29) is 0 Å². The minimum atomic E-state index is 0.644. The van der Waals surface area contributed by atoms with Gasteiger partial charge in [-0.25, -0.2) is 4.98 Å². The molecular weight excluding hydrogens is 254 g/mol. The Morgan fingerprint density at radius 2 is 2.05 bits per heavy atom. The lowest BCUT2D eigenvalue weighted by atomic mass is 9.96. The molecule has 1 saturated heterocycles. The molecule has 0 aromatic carbocycles. The van der Waals surface area contributed by atoms with Crippen molar-refractivity contribution in [2.45, 2.75) is 65.1 Å². The van der Waals surface area contributed by atoms with Crippen LogP contribution in [-0.2, 0) is 6.54 Å². The zero-order valence-electron chi connectivity index (χ0n) is 12.3. The van der Waals surface area contributed by atoms with Crippen LogP contribution in [0.5, 0.6) is 0 Å². The van der Waals surface area contributed by atoms with E-state index >= 15 is 0 Å². The van der Waals surface area contributed by atoms with Crippen molar-refractivity contribution in [3.05, 3.63) is 10.6 Å². The van der Waals surface area contributed by atoms with Gasteiger partial charge in [0.05, 0.1) is 5.69 Å². The highest BCUT2D eigenvalue weighted by Crippen LogP contribution is 2.32. The summed E-state index contributed by atoms with van der Waals surface area (Å²) in [6.45, 7) is 9.02. The highest BCUT2D eigenvalue weighted by Gasteiger charge is 2.26. The molecule has 1 aliphatic carbocycles. The molecule has 1 N–H and O–H groups in total. The van der Waals surface area contributed by atoms with Gasteiger partial charge >= 0.3 is 0 Å². The molecule has 1 aliphatic heterocycles. The molecule has 19 heavy (non-hydrogen) atoms. The summed E-state index contributed by atoms with van der Waals surface area (Å²) in [7, 11) is 0. The molecule has 1 aromatic rings. The Kier molecular flexibility index (Phi) is 3.81. The SMILES string of the molecule is Cc1nc(N2CC(C)CCC2C)sc1CNC1CC1. The second-order valence-corrected chi connectivity index (χ2v) is 7.41. The van der Waals surface area contributed by atoms with E-state index in [4.69, 9.17) is 4.98 Å². The quantitative estimate of drug-likeness (QED) is 0.916. The average molecular weight is 279 g/mol. The molecule has 2 aliphatic rings. The van der Waals surface area contributed by atoms with E-state index in [0.717, 1.165) is 18.5 Å². The third-order valence-electron chi connectivity index (χ3n) is 4.37. The van der Waals surface area contributed by atoms with Gasteiger partial charge in [0.2, 0.25) is 0 Å². The molecule has 1 aromatic heterocycles. The number of hydrogen-bond acceptors (Lipinski definition) is 4. The molecule has 0 spiro atoms. The van der Waals surface area contributed by atoms with E-state index in [9.17, 15) is 0 Å². The number of hydrogen-bond donors (Lipinski definition) is 1. The Morgan fingerprint density at radius 1 is 1.26 bits per heavy atom. The van der Waals surface area contributed by atoms with Gasteiger partial charge in [0.15, 0.2) is 5.13 Å². The fourth-order valence-electron chi connectivity index (χ4n) is 2.78. The Labute approximate surface area is 120 Å². The van der Waals surface area contributed by atoms with Crippen LogP contribution in [0.1, 0.15) is 50.1 Å². The lowest BCUT2D eigenvalue weighted by Crippen LogP contribution is -2.41. The maximum Gasteiger partial charge on any atom is 0.186 e. The van der Waals surface area contributed by atoms with Crippen molar-refractivity contribution >= 4 is 16.5 Å². The average Bonchev–Trinajstić information content (AvgIpc) is 3.14. The van der Waals surface area contributed by atoms with Crippen molar-refractivity contribution in [3.8, 4) is 0 Å². The van der Waals surface area contributed by atoms with Gasteiger partial charge < -0.3 is 10.2 Å². The summed E-state index contributed by atoms with van der Waals surface area (Å²) in [5, 5.41) is 4.84. The molecule has 0 radical (unpaired) electrons. The topological polar surface area (TPSA) is 28.2 Å². The van der Waals surface area contributed by atoms with Gasteiger partial charge in [0.1, 0.15) is 0 Å². The number of aryl methyl sites for hydroxylation is 1. The van der Waals surface area contributed by atoms with Gasteiger partial charge in [-0.2, -0.15) is 0 Å². The molecule has 106 valence electrons. The summed E-state index contributed by atoms with van der Waals surface area (Å²) >= 11 is 1.89. The van der Waals surface area contributed by atoms with E-state index < -0.39 is 0 Å². The van der Waals surface area contributed by atoms with Crippen LogP contribution in [0.2, 0.25) is 0 Å². The van der Waals surface area contributed by atoms with Crippen LogP contribution >= 0.6 is 11.3 Å². The molecule has 1 saturated carbocycles. The molecule has 3 nitrogen and oxygen atoms in total. The molecule has 3 rings (SSSR count). The van der Waals surface area contributed by atoms with Crippen molar-refractivity contribution in [2.75, 3.05) is 11.4 Å². The number of nitrogens with zero attached hydrogens (tertiary/aromatic N) is 2. The normalized spacial score (nSPS) is 27.8. The Hall–Kier alpha value is -0.610. The molecular formula is C15H25N3S. The molecule has 2 atom stereocenters. The Balaban J connectivity index is 1.70. The predicted octanol–water partition coefficient (Wildman–Crippen LogP) is 3.33. The Morgan fingerprint density at radius 3 is 2.79 bits per heavy atom. The molecule has 4 heteroatoms. The first-order valence-electron chi connectivity index (χ1n) is 7.60. The third kappa shape index (κ3) is 3.11. The van der Waals surface area contributed by atoms with Crippen LogP contribution in [0.3, 0.4) is 0 Å². The maximum absolute atomic E-state index is 4.82. The summed E-state index contributed by atoms with van der Waals surface area (Å²) in [5.41, 5.74) is 1.22. The van der Waals surface area contributed by atoms with E-state index in [0.29, 0.717) is 6.04 Å². The minimum absolute atomic E-state index is 0.644. The van der Waals surface area contributed by atoms with Crippen LogP contribution in [0, 0.1) is 12.8 Å². The summed E-state index contributed by atoms with van der Waals surface area (Å²) in [5.74, 6) is 0.799. The van der Waals surface area contributed by atoms with Crippen LogP contribution in [-0.4, -0.2) is 23.6 Å². The minimum Gasteiger partial charge on any atom is -0.345 e. The van der Waals surface area contributed by atoms with Crippen molar-refractivity contribution in [1.29, 1.82) is 0 Å². The predicted molar refractivity (Wildman–Crippen MR) is 81.9 cm³/mol. The lowest BCUT2D eigenvalue weighted by Gasteiger charge is -2.36. The first-order chi connectivity index (χ1) is 9.13. The molecule has 0 bridgehead atoms. The second kappa shape index (κ2) is 5.41. The number of anilines is 1. The largest absolute Gasteiger partial charge is 0.345 e. The lowest BCUT2D eigenvalue weighted by molar-refractivity contribution is 0.390. The number of aromatic nitrogens is 1. The van der Waals surface area contributed by atoms with Gasteiger partial charge in [0, 0.05) is 30.1 Å². The van der Waals surface area contributed by atoms with Crippen LogP contribution in [0.15, 0.2) is 0 Å². The van der Waals surface area contributed by atoms with Crippen LogP contribution < -0.4 is 10.2 Å². The van der Waals surface area contributed by atoms with Gasteiger partial charge in [-0.15, -0.1) is 11.3 Å². The van der Waals surface area contributed by atoms with Crippen molar-refractivity contribution < 1.29 is 0 Å². The number of nitrogens with one attached hydrogen (secondary N) is 1. The smallest absolute Gasteiger partial charge is 0.186 e. The van der Waals surface area contributed by atoms with Crippen LogP contribution in [0.25, 0.3) is 0 Å². The zero-order valence-corrected chi connectivity index (χ0v) is 13.1. The number of rotatable bonds is 4. The van der Waals surface area contributed by atoms with Crippen LogP contribution in [0.4, 0.5) is 5.13 Å². The van der Waals surface area contributed by atoms with E-state index in [1.807, 2.05) is 11.3 Å². The van der Waals surface area contributed by atoms with E-state index in [2.05, 4.69) is 31.0 Å². The zero-order chi connectivity index (χ0) is 13.4. The summed E-state index contributed by atoms with van der Waals surface area (Å²) in [6, 6.07) is 1.42. The highest BCUT2D eigenvalue weighted by molar-refractivity contribution is 7.15. The third-order valence-corrected chi connectivity index (χ3v) is 5.57. The maximum atomic E-state index is 4.82. The van der Waals surface area contributed by atoms with Gasteiger partial charge in [-0.05, 0) is 45.4 Å². The number of piperidine rings is 1. The summed E-state index contributed by atoms with van der Waals surface area (Å²) in [4.78, 5) is 8.77. The molecule has 0 amide bonds. The summed E-state index contributed by atoms with van der Waals surface area (Å²) in [6.07, 6.45) is 5.37. The van der Waals surface area contributed by atoms with Crippen molar-refractivity contribution in [2.24, 2.45) is 5.92 Å². The molecule has 2 unspecified atom stereocenters. The van der Waals surface area contributed by atoms with Crippen molar-refractivity contribution in [3.63, 3.8) is 0 Å². The summed E-state index contributed by atoms with van der Waals surface area (Å²) < 4.78 is 0. The van der Waals surface area contributed by atoms with E-state index in [1.54, 1.807) is 0 Å². The highest BCUT2D eigenvalue weighted by atomic mass is 32.1. The van der Waals surface area contributed by atoms with Gasteiger partial charge in [0.25, 0.3) is 0 Å². The first kappa shape index (κ1) is 13.4. The number of thiazole rings is 1. The first-order valence-corrected chi connectivity index (χ1v) is 8.41. The molecule has 2 fully saturated rings. The van der Waals surface area contributed by atoms with E-state index in [1.165, 1.54) is 47.9 Å². The van der Waals surface area contributed by atoms with Gasteiger partial charge in [-0.3, -0.25) is 0 Å². The van der Waals surface area contributed by atoms with Gasteiger partial charge in [-0.1, -0.05) is 6.92 Å². The Bertz CT molecular complexity index is 439. The molecule has 2 heterocycles. The van der Waals surface area contributed by atoms with Crippen molar-refractivity contribution in [1.82, 2.24) is 10.3 Å². The second-order valence-electron chi connectivity index (χ2n) is 6.34. The standard InChI is InChI=1S/C15H25N3S/c1-10-4-5-11(2)18(9-10)15-17-12(3)14(19-15)8-16-13-6-7-13/h10-11,13,16H,4-9H2,1-3H3. The fraction of sp³-hybridized carbons (Fsp3) is 0.800.